The summed E-state index contributed by atoms with van der Waals surface area (Å²) in [5.74, 6) is -0.471. The number of likely N-dealkylation sites (tertiary alicyclic amines) is 1. The number of aromatic nitrogens is 1. The monoisotopic (exact) mass is 400 g/mol. The van der Waals surface area contributed by atoms with Crippen LogP contribution in [0.1, 0.15) is 52.0 Å². The Morgan fingerprint density at radius 2 is 2.03 bits per heavy atom. The summed E-state index contributed by atoms with van der Waals surface area (Å²) in [7, 11) is 0. The maximum Gasteiger partial charge on any atom is 0.249 e. The highest BCUT2D eigenvalue weighted by Gasteiger charge is 2.40. The summed E-state index contributed by atoms with van der Waals surface area (Å²) < 4.78 is 0. The van der Waals surface area contributed by atoms with Crippen LogP contribution in [-0.4, -0.2) is 58.4 Å². The predicted octanol–water partition coefficient (Wildman–Crippen LogP) is -0.0735. The molecule has 0 spiro atoms. The summed E-state index contributed by atoms with van der Waals surface area (Å²) in [5.41, 5.74) is 1.44. The number of carbonyl (C=O) groups is 3. The minimum Gasteiger partial charge on any atom is -0.374 e. The van der Waals surface area contributed by atoms with Crippen molar-refractivity contribution in [3.8, 4) is 0 Å². The summed E-state index contributed by atoms with van der Waals surface area (Å²) in [6.45, 7) is 6.34. The number of nitrogens with zero attached hydrogens (tertiary/aromatic N) is 2. The molecule has 4 N–H and O–H groups in total. The van der Waals surface area contributed by atoms with Gasteiger partial charge >= 0.3 is 0 Å². The first-order valence-electron chi connectivity index (χ1n) is 10.1. The molecule has 2 amide bonds. The summed E-state index contributed by atoms with van der Waals surface area (Å²) in [6, 6.07) is 1.42. The Bertz CT molecular complexity index is 827. The zero-order valence-corrected chi connectivity index (χ0v) is 17.3. The second kappa shape index (κ2) is 8.31. The van der Waals surface area contributed by atoms with Crippen LogP contribution in [0, 0.1) is 5.41 Å². The fraction of sp³-hybridized carbons (Fsp3) is 0.571. The van der Waals surface area contributed by atoms with E-state index in [-0.39, 0.29) is 41.3 Å². The van der Waals surface area contributed by atoms with E-state index in [1.807, 2.05) is 0 Å². The Hall–Kier alpha value is -2.77. The van der Waals surface area contributed by atoms with Crippen LogP contribution in [0.3, 0.4) is 0 Å². The second-order valence-electron chi connectivity index (χ2n) is 8.77. The molecule has 1 aromatic rings. The van der Waals surface area contributed by atoms with Crippen molar-refractivity contribution < 1.29 is 19.8 Å². The molecule has 1 saturated heterocycles. The van der Waals surface area contributed by atoms with Crippen LogP contribution < -0.4 is 16.0 Å². The quantitative estimate of drug-likeness (QED) is 0.554. The van der Waals surface area contributed by atoms with E-state index in [1.54, 1.807) is 17.2 Å². The molecule has 2 fully saturated rings. The third-order valence-corrected chi connectivity index (χ3v) is 5.74. The molecule has 2 aliphatic rings. The van der Waals surface area contributed by atoms with Crippen molar-refractivity contribution in [3.05, 3.63) is 24.0 Å². The fourth-order valence-corrected chi connectivity index (χ4v) is 4.24. The molecule has 0 aromatic carbocycles. The van der Waals surface area contributed by atoms with Gasteiger partial charge in [-0.1, -0.05) is 13.8 Å². The van der Waals surface area contributed by atoms with Crippen molar-refractivity contribution in [2.75, 3.05) is 18.4 Å². The Kier molecular flexibility index (Phi) is 6.00. The van der Waals surface area contributed by atoms with Crippen LogP contribution in [0.2, 0.25) is 0 Å². The van der Waals surface area contributed by atoms with E-state index in [0.29, 0.717) is 24.2 Å². The highest BCUT2D eigenvalue weighted by atomic mass is 16.2. The predicted molar refractivity (Wildman–Crippen MR) is 109 cm³/mol. The van der Waals surface area contributed by atoms with Gasteiger partial charge < -0.3 is 15.5 Å². The molecule has 156 valence electrons. The highest BCUT2D eigenvalue weighted by Crippen LogP contribution is 2.39. The summed E-state index contributed by atoms with van der Waals surface area (Å²) >= 11 is 0. The molecule has 0 unspecified atom stereocenters. The van der Waals surface area contributed by atoms with Crippen molar-refractivity contribution in [1.29, 1.82) is 0 Å². The van der Waals surface area contributed by atoms with Gasteiger partial charge in [-0.2, -0.15) is 0 Å². The maximum atomic E-state index is 12.8. The van der Waals surface area contributed by atoms with Crippen molar-refractivity contribution in [2.45, 2.75) is 58.5 Å². The van der Waals surface area contributed by atoms with E-state index < -0.39 is 6.04 Å². The number of carbonyl (C=O) groups excluding carboxylic acids is 3. The molecule has 29 heavy (non-hydrogen) atoms. The third-order valence-electron chi connectivity index (χ3n) is 5.74. The molecule has 1 atom stereocenters. The Morgan fingerprint density at radius 3 is 2.69 bits per heavy atom. The van der Waals surface area contributed by atoms with Crippen LogP contribution in [0.15, 0.2) is 18.5 Å². The first kappa shape index (κ1) is 21.0. The topological polar surface area (TPSA) is 117 Å². The van der Waals surface area contributed by atoms with Gasteiger partial charge in [0.15, 0.2) is 0 Å². The van der Waals surface area contributed by atoms with Crippen LogP contribution in [-0.2, 0) is 14.4 Å². The third kappa shape index (κ3) is 4.81. The van der Waals surface area contributed by atoms with Gasteiger partial charge in [0.25, 0.3) is 0 Å². The van der Waals surface area contributed by atoms with Gasteiger partial charge in [-0.25, -0.2) is 0 Å². The second-order valence-corrected chi connectivity index (χ2v) is 8.77. The molecule has 8 nitrogen and oxygen atoms in total. The van der Waals surface area contributed by atoms with Crippen LogP contribution in [0.5, 0.6) is 0 Å². The average molecular weight is 401 g/mol. The number of anilines is 1. The van der Waals surface area contributed by atoms with E-state index in [1.165, 1.54) is 13.1 Å². The largest absolute Gasteiger partial charge is 0.374 e. The minimum absolute atomic E-state index is 0.00409. The van der Waals surface area contributed by atoms with E-state index in [0.717, 1.165) is 19.3 Å². The standard InChI is InChI=1S/C21H29N5O3/c1-13(27)19(22)15-6-7-23-11-16(15)24-12-18(28)26-8-4-5-17(26)20(29)25-14-9-21(2,3)10-14/h6-7,11,14,17,22,24H,4-5,8-10,12H2,1-3H3,(H,25,29)/p+1/t17-/m0/s1. The van der Waals surface area contributed by atoms with Crippen molar-refractivity contribution in [2.24, 2.45) is 5.41 Å². The van der Waals surface area contributed by atoms with E-state index in [2.05, 4.69) is 29.5 Å². The van der Waals surface area contributed by atoms with Gasteiger partial charge in [-0.15, -0.1) is 0 Å². The van der Waals surface area contributed by atoms with Crippen LogP contribution in [0.4, 0.5) is 5.69 Å². The fourth-order valence-electron chi connectivity index (χ4n) is 4.24. The SMILES string of the molecule is CC(=O)C(=[NH2+])c1ccncc1NCC(=O)N1CCC[C@H]1C(=O)NC1CC(C)(C)C1. The lowest BCUT2D eigenvalue weighted by Gasteiger charge is -2.43. The molecule has 1 aromatic heterocycles. The van der Waals surface area contributed by atoms with Crippen molar-refractivity contribution in [1.82, 2.24) is 15.2 Å². The number of ketones is 1. The van der Waals surface area contributed by atoms with Crippen molar-refractivity contribution in [3.63, 3.8) is 0 Å². The van der Waals surface area contributed by atoms with Gasteiger partial charge in [-0.05, 0) is 37.2 Å². The molecule has 1 saturated carbocycles. The first-order chi connectivity index (χ1) is 13.7. The lowest BCUT2D eigenvalue weighted by Crippen LogP contribution is -2.54. The van der Waals surface area contributed by atoms with Crippen LogP contribution in [0.25, 0.3) is 0 Å². The first-order valence-corrected chi connectivity index (χ1v) is 10.1. The Balaban J connectivity index is 1.58. The number of hydrogen-bond donors (Lipinski definition) is 3. The number of nitrogens with two attached hydrogens (primary N) is 1. The summed E-state index contributed by atoms with van der Waals surface area (Å²) in [5, 5.41) is 12.0. The lowest BCUT2D eigenvalue weighted by molar-refractivity contribution is -0.138. The highest BCUT2D eigenvalue weighted by molar-refractivity contribution is 6.43. The molecule has 1 aliphatic carbocycles. The zero-order valence-electron chi connectivity index (χ0n) is 17.3. The van der Waals surface area contributed by atoms with Gasteiger partial charge in [0.1, 0.15) is 6.04 Å². The Morgan fingerprint density at radius 1 is 1.31 bits per heavy atom. The van der Waals surface area contributed by atoms with Gasteiger partial charge in [0.2, 0.25) is 23.3 Å². The molecule has 8 heteroatoms. The molecule has 2 heterocycles. The molecule has 3 rings (SSSR count). The smallest absolute Gasteiger partial charge is 0.249 e. The number of amides is 2. The van der Waals surface area contributed by atoms with Gasteiger partial charge in [-0.3, -0.25) is 24.8 Å². The van der Waals surface area contributed by atoms with Crippen molar-refractivity contribution >= 4 is 29.0 Å². The van der Waals surface area contributed by atoms with E-state index in [4.69, 9.17) is 5.41 Å². The minimum atomic E-state index is -0.421. The molecular weight excluding hydrogens is 370 g/mol. The zero-order chi connectivity index (χ0) is 21.2. The number of nitrogens with one attached hydrogen (secondary N) is 2. The number of pyridine rings is 1. The number of rotatable bonds is 7. The van der Waals surface area contributed by atoms with E-state index in [9.17, 15) is 14.4 Å². The normalized spacial score (nSPS) is 20.7. The molecular formula is C21H30N5O3+. The van der Waals surface area contributed by atoms with Crippen LogP contribution >= 0.6 is 0 Å². The Labute approximate surface area is 171 Å². The van der Waals surface area contributed by atoms with E-state index >= 15 is 0 Å². The lowest BCUT2D eigenvalue weighted by atomic mass is 9.68. The molecule has 1 aliphatic heterocycles. The average Bonchev–Trinajstić information content (AvgIpc) is 3.14. The van der Waals surface area contributed by atoms with Gasteiger partial charge in [0, 0.05) is 25.7 Å². The molecule has 0 radical (unpaired) electrons. The maximum absolute atomic E-state index is 12.8. The molecule has 0 bridgehead atoms. The number of hydrogen-bond acceptors (Lipinski definition) is 5. The number of Topliss-reactive ketones (excluding diaryl/α,β-unsaturated/α-hetero) is 1. The van der Waals surface area contributed by atoms with Gasteiger partial charge in [0.05, 0.1) is 24.0 Å². The summed E-state index contributed by atoms with van der Waals surface area (Å²) in [6.07, 6.45) is 6.50. The summed E-state index contributed by atoms with van der Waals surface area (Å²) in [4.78, 5) is 42.7.